The number of unbranched alkanes of at least 4 members (excludes halogenated alkanes) is 3. The van der Waals surface area contributed by atoms with Crippen LogP contribution in [0.5, 0.6) is 0 Å². The number of hydrogen-bond acceptors (Lipinski definition) is 3. The molecule has 1 aromatic rings. The molecule has 0 unspecified atom stereocenters. The van der Waals surface area contributed by atoms with Gasteiger partial charge in [0.15, 0.2) is 5.12 Å². The Bertz CT molecular complexity index is 376. The molecule has 0 heterocycles. The molecular weight excluding hydrogens is 254 g/mol. The van der Waals surface area contributed by atoms with Crippen LogP contribution in [0, 0.1) is 0 Å². The van der Waals surface area contributed by atoms with E-state index in [4.69, 9.17) is 5.73 Å². The Balaban J connectivity index is 2.35. The van der Waals surface area contributed by atoms with Crippen LogP contribution in [0.25, 0.3) is 0 Å². The zero-order valence-electron chi connectivity index (χ0n) is 12.0. The van der Waals surface area contributed by atoms with Crippen LogP contribution in [0.3, 0.4) is 0 Å². The molecule has 0 bridgehead atoms. The van der Waals surface area contributed by atoms with Crippen LogP contribution >= 0.6 is 11.8 Å². The monoisotopic (exact) mass is 279 g/mol. The fourth-order valence-corrected chi connectivity index (χ4v) is 3.07. The van der Waals surface area contributed by atoms with Crippen molar-refractivity contribution in [3.05, 3.63) is 35.9 Å². The molecule has 0 aromatic heterocycles. The first-order valence-corrected chi connectivity index (χ1v) is 7.85. The molecule has 0 saturated carbocycles. The molecule has 0 atom stereocenters. The Morgan fingerprint density at radius 1 is 1.11 bits per heavy atom. The lowest BCUT2D eigenvalue weighted by atomic mass is 10.0. The lowest BCUT2D eigenvalue weighted by molar-refractivity contribution is -0.111. The highest BCUT2D eigenvalue weighted by molar-refractivity contribution is 8.14. The quantitative estimate of drug-likeness (QED) is 0.729. The summed E-state index contributed by atoms with van der Waals surface area (Å²) in [7, 11) is 0. The maximum Gasteiger partial charge on any atom is 0.189 e. The van der Waals surface area contributed by atoms with Crippen molar-refractivity contribution in [1.82, 2.24) is 0 Å². The third-order valence-electron chi connectivity index (χ3n) is 3.17. The SMILES string of the molecule is CC(C)(SC(=O)CCCCCCN)c1ccccc1. The maximum atomic E-state index is 12.0. The molecular formula is C16H25NOS. The molecule has 0 aliphatic heterocycles. The average molecular weight is 279 g/mol. The lowest BCUT2D eigenvalue weighted by Crippen LogP contribution is -2.15. The van der Waals surface area contributed by atoms with Crippen molar-refractivity contribution < 1.29 is 4.79 Å². The van der Waals surface area contributed by atoms with E-state index in [-0.39, 0.29) is 4.75 Å². The summed E-state index contributed by atoms with van der Waals surface area (Å²) in [5.74, 6) is 0. The standard InChI is InChI=1S/C16H25NOS/c1-16(2,14-10-6-5-7-11-14)19-15(18)12-8-3-4-9-13-17/h5-7,10-11H,3-4,8-9,12-13,17H2,1-2H3. The molecule has 0 aliphatic carbocycles. The average Bonchev–Trinajstić information content (AvgIpc) is 2.39. The van der Waals surface area contributed by atoms with Gasteiger partial charge in [0.2, 0.25) is 0 Å². The number of thioether (sulfide) groups is 1. The van der Waals surface area contributed by atoms with Crippen molar-refractivity contribution >= 4 is 16.9 Å². The number of carbonyl (C=O) groups is 1. The maximum absolute atomic E-state index is 12.0. The normalized spacial score (nSPS) is 11.5. The Kier molecular flexibility index (Phi) is 7.17. The van der Waals surface area contributed by atoms with Gasteiger partial charge >= 0.3 is 0 Å². The molecule has 3 heteroatoms. The molecule has 106 valence electrons. The summed E-state index contributed by atoms with van der Waals surface area (Å²) >= 11 is 1.46. The third kappa shape index (κ3) is 6.26. The van der Waals surface area contributed by atoms with Crippen LogP contribution in [0.4, 0.5) is 0 Å². The van der Waals surface area contributed by atoms with Crippen molar-refractivity contribution in [2.45, 2.75) is 50.7 Å². The van der Waals surface area contributed by atoms with E-state index in [0.717, 1.165) is 32.2 Å². The van der Waals surface area contributed by atoms with Gasteiger partial charge in [0.25, 0.3) is 0 Å². The van der Waals surface area contributed by atoms with Gasteiger partial charge < -0.3 is 5.73 Å². The summed E-state index contributed by atoms with van der Waals surface area (Å²) in [5, 5.41) is 0.293. The van der Waals surface area contributed by atoms with E-state index < -0.39 is 0 Å². The minimum atomic E-state index is -0.143. The molecule has 0 spiro atoms. The summed E-state index contributed by atoms with van der Waals surface area (Å²) in [6.07, 6.45) is 4.96. The number of carbonyl (C=O) groups excluding carboxylic acids is 1. The summed E-state index contributed by atoms with van der Waals surface area (Å²) in [6.45, 7) is 4.97. The second kappa shape index (κ2) is 8.39. The Labute approximate surface area is 121 Å². The fraction of sp³-hybridized carbons (Fsp3) is 0.562. The summed E-state index contributed by atoms with van der Waals surface area (Å²) in [6, 6.07) is 10.2. The van der Waals surface area contributed by atoms with E-state index in [9.17, 15) is 4.79 Å². The zero-order chi connectivity index (χ0) is 14.1. The molecule has 2 nitrogen and oxygen atoms in total. The van der Waals surface area contributed by atoms with Crippen LogP contribution < -0.4 is 5.73 Å². The van der Waals surface area contributed by atoms with Gasteiger partial charge in [-0.25, -0.2) is 0 Å². The predicted molar refractivity (Wildman–Crippen MR) is 84.2 cm³/mol. The Morgan fingerprint density at radius 2 is 1.74 bits per heavy atom. The van der Waals surface area contributed by atoms with Crippen molar-refractivity contribution in [1.29, 1.82) is 0 Å². The van der Waals surface area contributed by atoms with Gasteiger partial charge in [-0.1, -0.05) is 54.9 Å². The number of hydrogen-bond donors (Lipinski definition) is 1. The Hall–Kier alpha value is -0.800. The highest BCUT2D eigenvalue weighted by Gasteiger charge is 2.24. The molecule has 0 saturated heterocycles. The highest BCUT2D eigenvalue weighted by atomic mass is 32.2. The van der Waals surface area contributed by atoms with E-state index >= 15 is 0 Å². The molecule has 0 radical (unpaired) electrons. The number of nitrogens with two attached hydrogens (primary N) is 1. The van der Waals surface area contributed by atoms with Crippen LogP contribution in [0.15, 0.2) is 30.3 Å². The lowest BCUT2D eigenvalue weighted by Gasteiger charge is -2.23. The van der Waals surface area contributed by atoms with Crippen molar-refractivity contribution in [3.8, 4) is 0 Å². The molecule has 19 heavy (non-hydrogen) atoms. The third-order valence-corrected chi connectivity index (χ3v) is 4.35. The number of benzene rings is 1. The zero-order valence-corrected chi connectivity index (χ0v) is 12.8. The molecule has 1 rings (SSSR count). The first-order chi connectivity index (χ1) is 9.06. The predicted octanol–water partition coefficient (Wildman–Crippen LogP) is 4.09. The first kappa shape index (κ1) is 16.3. The minimum Gasteiger partial charge on any atom is -0.330 e. The van der Waals surface area contributed by atoms with Gasteiger partial charge in [0.1, 0.15) is 0 Å². The fourth-order valence-electron chi connectivity index (χ4n) is 2.00. The molecule has 0 aliphatic rings. The molecule has 0 fully saturated rings. The molecule has 1 aromatic carbocycles. The number of rotatable bonds is 8. The van der Waals surface area contributed by atoms with E-state index in [2.05, 4.69) is 26.0 Å². The van der Waals surface area contributed by atoms with Crippen LogP contribution in [-0.2, 0) is 9.54 Å². The van der Waals surface area contributed by atoms with Gasteiger partial charge in [0.05, 0.1) is 0 Å². The largest absolute Gasteiger partial charge is 0.330 e. The topological polar surface area (TPSA) is 43.1 Å². The van der Waals surface area contributed by atoms with Gasteiger partial charge in [0, 0.05) is 11.2 Å². The second-order valence-electron chi connectivity index (χ2n) is 5.30. The minimum absolute atomic E-state index is 0.143. The Morgan fingerprint density at radius 3 is 2.37 bits per heavy atom. The summed E-state index contributed by atoms with van der Waals surface area (Å²) in [4.78, 5) is 12.0. The summed E-state index contributed by atoms with van der Waals surface area (Å²) in [5.41, 5.74) is 6.65. The van der Waals surface area contributed by atoms with E-state index in [1.807, 2.05) is 18.2 Å². The van der Waals surface area contributed by atoms with Gasteiger partial charge in [-0.3, -0.25) is 4.79 Å². The van der Waals surface area contributed by atoms with Gasteiger partial charge in [-0.05, 0) is 38.8 Å². The van der Waals surface area contributed by atoms with Crippen molar-refractivity contribution in [2.75, 3.05) is 6.54 Å². The van der Waals surface area contributed by atoms with E-state index in [0.29, 0.717) is 11.5 Å². The van der Waals surface area contributed by atoms with Crippen LogP contribution in [0.2, 0.25) is 0 Å². The smallest absolute Gasteiger partial charge is 0.189 e. The highest BCUT2D eigenvalue weighted by Crippen LogP contribution is 2.36. The first-order valence-electron chi connectivity index (χ1n) is 7.03. The summed E-state index contributed by atoms with van der Waals surface area (Å²) < 4.78 is -0.143. The van der Waals surface area contributed by atoms with E-state index in [1.165, 1.54) is 17.3 Å². The molecule has 0 amide bonds. The van der Waals surface area contributed by atoms with Gasteiger partial charge in [-0.15, -0.1) is 0 Å². The second-order valence-corrected chi connectivity index (χ2v) is 6.98. The van der Waals surface area contributed by atoms with Crippen LogP contribution in [-0.4, -0.2) is 11.7 Å². The van der Waals surface area contributed by atoms with Crippen molar-refractivity contribution in [2.24, 2.45) is 5.73 Å². The van der Waals surface area contributed by atoms with Crippen molar-refractivity contribution in [3.63, 3.8) is 0 Å². The van der Waals surface area contributed by atoms with Gasteiger partial charge in [-0.2, -0.15) is 0 Å². The molecule has 2 N–H and O–H groups in total. The van der Waals surface area contributed by atoms with E-state index in [1.54, 1.807) is 0 Å². The van der Waals surface area contributed by atoms with Crippen LogP contribution in [0.1, 0.15) is 51.5 Å².